The minimum absolute atomic E-state index is 0.187. The van der Waals surface area contributed by atoms with E-state index in [1.165, 1.54) is 0 Å². The van der Waals surface area contributed by atoms with Crippen LogP contribution in [0.5, 0.6) is 0 Å². The van der Waals surface area contributed by atoms with Crippen molar-refractivity contribution in [1.29, 1.82) is 5.26 Å². The van der Waals surface area contributed by atoms with Crippen LogP contribution in [-0.2, 0) is 19.1 Å². The third-order valence-electron chi connectivity index (χ3n) is 3.64. The Bertz CT molecular complexity index is 375. The lowest BCUT2D eigenvalue weighted by Gasteiger charge is -2.29. The molecule has 5 nitrogen and oxygen atoms in total. The van der Waals surface area contributed by atoms with Crippen molar-refractivity contribution < 1.29 is 19.1 Å². The maximum Gasteiger partial charge on any atom is 0.327 e. The lowest BCUT2D eigenvalue weighted by Crippen LogP contribution is -2.42. The maximum absolute atomic E-state index is 12.3. The van der Waals surface area contributed by atoms with E-state index in [9.17, 15) is 14.9 Å². The van der Waals surface area contributed by atoms with Crippen molar-refractivity contribution in [2.45, 2.75) is 59.8 Å². The molecular formula is C16H27NO4. The van der Waals surface area contributed by atoms with Gasteiger partial charge in [0.2, 0.25) is 0 Å². The molecule has 2 unspecified atom stereocenters. The van der Waals surface area contributed by atoms with Crippen LogP contribution in [-0.4, -0.2) is 25.2 Å². The minimum atomic E-state index is -1.45. The van der Waals surface area contributed by atoms with Crippen LogP contribution in [0.1, 0.15) is 59.8 Å². The molecule has 0 rings (SSSR count). The fourth-order valence-corrected chi connectivity index (χ4v) is 2.25. The molecule has 0 aliphatic carbocycles. The highest BCUT2D eigenvalue weighted by atomic mass is 16.5. The molecule has 2 atom stereocenters. The molecule has 0 saturated heterocycles. The van der Waals surface area contributed by atoms with Crippen LogP contribution in [0.25, 0.3) is 0 Å². The molecule has 0 heterocycles. The molecule has 0 saturated carbocycles. The van der Waals surface area contributed by atoms with Crippen LogP contribution >= 0.6 is 0 Å². The average molecular weight is 297 g/mol. The molecule has 0 aromatic heterocycles. The van der Waals surface area contributed by atoms with E-state index in [1.807, 2.05) is 6.07 Å². The van der Waals surface area contributed by atoms with E-state index in [4.69, 9.17) is 9.47 Å². The van der Waals surface area contributed by atoms with Crippen LogP contribution in [0.15, 0.2) is 0 Å². The third kappa shape index (κ3) is 5.37. The van der Waals surface area contributed by atoms with Crippen molar-refractivity contribution in [3.63, 3.8) is 0 Å². The van der Waals surface area contributed by atoms with Gasteiger partial charge in [0, 0.05) is 0 Å². The summed E-state index contributed by atoms with van der Waals surface area (Å²) in [6.07, 6.45) is 4.06. The predicted molar refractivity (Wildman–Crippen MR) is 79.2 cm³/mol. The lowest BCUT2D eigenvalue weighted by atomic mass is 9.73. The Morgan fingerprint density at radius 2 is 1.71 bits per heavy atom. The number of esters is 2. The largest absolute Gasteiger partial charge is 0.466 e. The first-order valence-corrected chi connectivity index (χ1v) is 7.75. The molecule has 0 fully saturated rings. The van der Waals surface area contributed by atoms with Gasteiger partial charge in [-0.15, -0.1) is 0 Å². The number of ether oxygens (including phenoxy) is 2. The van der Waals surface area contributed by atoms with Crippen LogP contribution in [0, 0.1) is 22.7 Å². The molecule has 5 heteroatoms. The summed E-state index contributed by atoms with van der Waals surface area (Å²) in [6.45, 7) is 7.45. The fourth-order valence-electron chi connectivity index (χ4n) is 2.25. The summed E-state index contributed by atoms with van der Waals surface area (Å²) in [5.41, 5.74) is -1.45. The maximum atomic E-state index is 12.3. The molecule has 0 N–H and O–H groups in total. The van der Waals surface area contributed by atoms with Gasteiger partial charge >= 0.3 is 11.9 Å². The highest BCUT2D eigenvalue weighted by Gasteiger charge is 2.49. The highest BCUT2D eigenvalue weighted by Crippen LogP contribution is 2.36. The first kappa shape index (κ1) is 19.4. The van der Waals surface area contributed by atoms with Gasteiger partial charge in [0.25, 0.3) is 0 Å². The summed E-state index contributed by atoms with van der Waals surface area (Å²) in [5.74, 6) is -1.98. The Balaban J connectivity index is 5.16. The smallest absolute Gasteiger partial charge is 0.327 e. The van der Waals surface area contributed by atoms with Crippen molar-refractivity contribution in [2.75, 3.05) is 13.2 Å². The zero-order chi connectivity index (χ0) is 16.3. The SMILES string of the molecule is CCCCCCC(C#N)(C(=O)OCC)C(C)C(=O)OCC. The van der Waals surface area contributed by atoms with E-state index in [2.05, 4.69) is 6.92 Å². The highest BCUT2D eigenvalue weighted by molar-refractivity contribution is 5.87. The molecule has 0 aliphatic rings. The molecule has 0 aromatic carbocycles. The number of nitrogens with zero attached hydrogens (tertiary/aromatic N) is 1. The first-order chi connectivity index (χ1) is 9.99. The molecular weight excluding hydrogens is 270 g/mol. The van der Waals surface area contributed by atoms with Gasteiger partial charge in [-0.2, -0.15) is 5.26 Å². The molecule has 0 amide bonds. The van der Waals surface area contributed by atoms with Gasteiger partial charge in [-0.3, -0.25) is 9.59 Å². The Labute approximate surface area is 127 Å². The Morgan fingerprint density at radius 3 is 2.19 bits per heavy atom. The number of rotatable bonds is 10. The number of hydrogen-bond donors (Lipinski definition) is 0. The Morgan fingerprint density at radius 1 is 1.10 bits per heavy atom. The third-order valence-corrected chi connectivity index (χ3v) is 3.64. The Kier molecular flexibility index (Phi) is 9.44. The van der Waals surface area contributed by atoms with Crippen LogP contribution in [0.3, 0.4) is 0 Å². The topological polar surface area (TPSA) is 76.4 Å². The quantitative estimate of drug-likeness (QED) is 0.457. The normalized spacial score (nSPS) is 14.6. The summed E-state index contributed by atoms with van der Waals surface area (Å²) in [4.78, 5) is 24.2. The predicted octanol–water partition coefficient (Wildman–Crippen LogP) is 3.23. The van der Waals surface area contributed by atoms with E-state index in [1.54, 1.807) is 20.8 Å². The fraction of sp³-hybridized carbons (Fsp3) is 0.812. The van der Waals surface area contributed by atoms with E-state index in [-0.39, 0.29) is 13.2 Å². The minimum Gasteiger partial charge on any atom is -0.466 e. The summed E-state index contributed by atoms with van der Waals surface area (Å²) < 4.78 is 10.0. The average Bonchev–Trinajstić information content (AvgIpc) is 2.47. The number of carbonyl (C=O) groups excluding carboxylic acids is 2. The zero-order valence-electron chi connectivity index (χ0n) is 13.6. The molecule has 120 valence electrons. The summed E-state index contributed by atoms with van der Waals surface area (Å²) in [7, 11) is 0. The van der Waals surface area contributed by atoms with E-state index < -0.39 is 23.3 Å². The van der Waals surface area contributed by atoms with Gasteiger partial charge in [0.15, 0.2) is 5.41 Å². The second kappa shape index (κ2) is 10.2. The van der Waals surface area contributed by atoms with Crippen LogP contribution < -0.4 is 0 Å². The second-order valence-electron chi connectivity index (χ2n) is 5.09. The van der Waals surface area contributed by atoms with Gasteiger partial charge in [0.1, 0.15) is 0 Å². The number of unbranched alkanes of at least 4 members (excludes halogenated alkanes) is 3. The second-order valence-corrected chi connectivity index (χ2v) is 5.09. The van der Waals surface area contributed by atoms with Gasteiger partial charge in [-0.05, 0) is 27.2 Å². The van der Waals surface area contributed by atoms with E-state index in [0.29, 0.717) is 12.8 Å². The van der Waals surface area contributed by atoms with Gasteiger partial charge < -0.3 is 9.47 Å². The number of hydrogen-bond acceptors (Lipinski definition) is 5. The summed E-state index contributed by atoms with van der Waals surface area (Å²) >= 11 is 0. The molecule has 0 radical (unpaired) electrons. The molecule has 0 bridgehead atoms. The molecule has 0 aliphatic heterocycles. The van der Waals surface area contributed by atoms with Crippen molar-refractivity contribution in [3.8, 4) is 6.07 Å². The lowest BCUT2D eigenvalue weighted by molar-refractivity contribution is -0.165. The van der Waals surface area contributed by atoms with Gasteiger partial charge in [-0.1, -0.05) is 32.6 Å². The van der Waals surface area contributed by atoms with Gasteiger partial charge in [0.05, 0.1) is 25.2 Å². The summed E-state index contributed by atoms with van der Waals surface area (Å²) in [5, 5.41) is 9.56. The molecule has 0 aromatic rings. The standard InChI is InChI=1S/C16H27NO4/c1-5-8-9-10-11-16(12-17,15(19)21-7-3)13(4)14(18)20-6-2/h13H,5-11H2,1-4H3. The van der Waals surface area contributed by atoms with Crippen LogP contribution in [0.4, 0.5) is 0 Å². The van der Waals surface area contributed by atoms with Crippen molar-refractivity contribution >= 4 is 11.9 Å². The summed E-state index contributed by atoms with van der Waals surface area (Å²) in [6, 6.07) is 2.04. The van der Waals surface area contributed by atoms with Crippen molar-refractivity contribution in [1.82, 2.24) is 0 Å². The first-order valence-electron chi connectivity index (χ1n) is 7.75. The number of carbonyl (C=O) groups is 2. The monoisotopic (exact) mass is 297 g/mol. The number of nitriles is 1. The van der Waals surface area contributed by atoms with Crippen LogP contribution in [0.2, 0.25) is 0 Å². The molecule has 21 heavy (non-hydrogen) atoms. The van der Waals surface area contributed by atoms with E-state index >= 15 is 0 Å². The van der Waals surface area contributed by atoms with E-state index in [0.717, 1.165) is 19.3 Å². The Hall–Kier alpha value is -1.57. The van der Waals surface area contributed by atoms with Gasteiger partial charge in [-0.25, -0.2) is 0 Å². The van der Waals surface area contributed by atoms with Crippen molar-refractivity contribution in [2.24, 2.45) is 11.3 Å². The zero-order valence-corrected chi connectivity index (χ0v) is 13.6. The molecule has 0 spiro atoms. The van der Waals surface area contributed by atoms with Crippen molar-refractivity contribution in [3.05, 3.63) is 0 Å².